The number of aliphatic hydroxyl groups is 1. The molecule has 1 heterocycles. The Bertz CT molecular complexity index is 1270. The summed E-state index contributed by atoms with van der Waals surface area (Å²) in [6, 6.07) is 1.51. The zero-order chi connectivity index (χ0) is 27.8. The molecule has 0 aliphatic heterocycles. The first-order valence-electron chi connectivity index (χ1n) is 12.4. The molecule has 9 atom stereocenters. The largest absolute Gasteiger partial charge is 0.443 e. The second kappa shape index (κ2) is 8.99. The number of carbonyl (C=O) groups excluding carboxylic acids is 3. The van der Waals surface area contributed by atoms with E-state index in [4.69, 9.17) is 20.8 Å². The number of rotatable bonds is 4. The molecule has 0 saturated heterocycles. The molecular formula is C27H28ClF3O6S. The summed E-state index contributed by atoms with van der Waals surface area (Å²) in [6.45, 7) is 4.74. The Morgan fingerprint density at radius 2 is 1.97 bits per heavy atom. The van der Waals surface area contributed by atoms with Crippen LogP contribution in [0.4, 0.5) is 13.2 Å². The lowest BCUT2D eigenvalue weighted by Crippen LogP contribution is -2.70. The summed E-state index contributed by atoms with van der Waals surface area (Å²) >= 11 is 6.13. The molecule has 11 heteroatoms. The van der Waals surface area contributed by atoms with Crippen molar-refractivity contribution < 1.29 is 41.8 Å². The number of hydrogen-bond donors (Lipinski definition) is 1. The van der Waals surface area contributed by atoms with Crippen molar-refractivity contribution in [1.29, 1.82) is 0 Å². The zero-order valence-electron chi connectivity index (χ0n) is 21.0. The topological polar surface area (TPSA) is 93.8 Å². The third kappa shape index (κ3) is 3.41. The van der Waals surface area contributed by atoms with Gasteiger partial charge >= 0.3 is 5.97 Å². The minimum atomic E-state index is -2.37. The molecule has 1 N–H and O–H groups in total. The Labute approximate surface area is 227 Å². The molecule has 0 amide bonds. The van der Waals surface area contributed by atoms with E-state index < -0.39 is 75.0 Å². The Balaban J connectivity index is 1.63. The summed E-state index contributed by atoms with van der Waals surface area (Å²) in [5.74, 6) is -4.27. The van der Waals surface area contributed by atoms with Crippen LogP contribution >= 0.6 is 23.4 Å². The number of thioether (sulfide) groups is 1. The lowest BCUT2D eigenvalue weighted by molar-refractivity contribution is -0.221. The van der Waals surface area contributed by atoms with E-state index >= 15 is 8.78 Å². The zero-order valence-corrected chi connectivity index (χ0v) is 22.6. The standard InChI is InChI=1S/C27H28ClF3O6S/c1-13-8-15-16-10-18(30)17-9-14(32)6-7-24(17,2)26(16,31)20(33)11-25(15,3)27(13,23(35)38-12-29)37-22(34)19-4-5-21(28)36-19/h4-7,9,13,15-16,18,20,33H,8,10-12H2,1-3H3/t13-,15+,16+,18+,20+,24+,25+,26+,27+/m1/s1. The average Bonchev–Trinajstić information content (AvgIpc) is 3.38. The van der Waals surface area contributed by atoms with E-state index in [1.165, 1.54) is 31.2 Å². The van der Waals surface area contributed by atoms with E-state index in [1.807, 2.05) is 0 Å². The number of alkyl halides is 3. The monoisotopic (exact) mass is 572 g/mol. The van der Waals surface area contributed by atoms with Gasteiger partial charge in [0.2, 0.25) is 10.9 Å². The predicted molar refractivity (Wildman–Crippen MR) is 134 cm³/mol. The van der Waals surface area contributed by atoms with Crippen LogP contribution in [0.25, 0.3) is 0 Å². The molecule has 4 aliphatic carbocycles. The average molecular weight is 573 g/mol. The number of hydrogen-bond acceptors (Lipinski definition) is 7. The highest BCUT2D eigenvalue weighted by atomic mass is 35.5. The maximum Gasteiger partial charge on any atom is 0.375 e. The van der Waals surface area contributed by atoms with Crippen LogP contribution in [0.3, 0.4) is 0 Å². The van der Waals surface area contributed by atoms with Crippen LogP contribution in [-0.2, 0) is 14.3 Å². The lowest BCUT2D eigenvalue weighted by Gasteiger charge is -2.63. The van der Waals surface area contributed by atoms with Crippen LogP contribution in [0.15, 0.2) is 40.4 Å². The summed E-state index contributed by atoms with van der Waals surface area (Å²) in [6.07, 6.45) is -0.252. The Kier molecular flexibility index (Phi) is 6.51. The molecule has 0 unspecified atom stereocenters. The molecule has 0 spiro atoms. The maximum atomic E-state index is 17.4. The predicted octanol–water partition coefficient (Wildman–Crippen LogP) is 5.58. The fourth-order valence-electron chi connectivity index (χ4n) is 8.00. The lowest BCUT2D eigenvalue weighted by atomic mass is 9.44. The highest BCUT2D eigenvalue weighted by Gasteiger charge is 2.78. The van der Waals surface area contributed by atoms with Crippen LogP contribution in [0, 0.1) is 28.6 Å². The molecule has 0 radical (unpaired) electrons. The van der Waals surface area contributed by atoms with Crippen molar-refractivity contribution in [3.63, 3.8) is 0 Å². The number of carbonyl (C=O) groups is 3. The number of allylic oxidation sites excluding steroid dienone is 4. The molecule has 0 aromatic carbocycles. The highest BCUT2D eigenvalue weighted by molar-refractivity contribution is 8.13. The van der Waals surface area contributed by atoms with Crippen molar-refractivity contribution in [2.75, 3.05) is 6.01 Å². The minimum Gasteiger partial charge on any atom is -0.443 e. The summed E-state index contributed by atoms with van der Waals surface area (Å²) < 4.78 is 57.6. The Morgan fingerprint density at radius 1 is 1.26 bits per heavy atom. The van der Waals surface area contributed by atoms with E-state index in [0.717, 1.165) is 6.08 Å². The van der Waals surface area contributed by atoms with E-state index in [2.05, 4.69) is 0 Å². The van der Waals surface area contributed by atoms with Gasteiger partial charge in [0.15, 0.2) is 22.3 Å². The van der Waals surface area contributed by atoms with E-state index in [9.17, 15) is 23.9 Å². The van der Waals surface area contributed by atoms with Gasteiger partial charge in [0.1, 0.15) is 12.2 Å². The van der Waals surface area contributed by atoms with Crippen LogP contribution < -0.4 is 0 Å². The van der Waals surface area contributed by atoms with Gasteiger partial charge in [0.25, 0.3) is 0 Å². The van der Waals surface area contributed by atoms with Crippen molar-refractivity contribution >= 4 is 40.2 Å². The van der Waals surface area contributed by atoms with E-state index in [-0.39, 0.29) is 35.8 Å². The number of fused-ring (bicyclic) bond motifs is 5. The highest BCUT2D eigenvalue weighted by Crippen LogP contribution is 2.72. The van der Waals surface area contributed by atoms with Crippen molar-refractivity contribution in [3.8, 4) is 0 Å². The van der Waals surface area contributed by atoms with Crippen LogP contribution in [-0.4, -0.2) is 51.5 Å². The fourth-order valence-corrected chi connectivity index (χ4v) is 8.93. The van der Waals surface area contributed by atoms with Gasteiger partial charge in [-0.1, -0.05) is 19.9 Å². The summed E-state index contributed by atoms with van der Waals surface area (Å²) in [5, 5.41) is 10.6. The first kappa shape index (κ1) is 27.5. The van der Waals surface area contributed by atoms with Crippen LogP contribution in [0.5, 0.6) is 0 Å². The van der Waals surface area contributed by atoms with Crippen LogP contribution in [0.1, 0.15) is 50.6 Å². The number of esters is 1. The number of ketones is 1. The van der Waals surface area contributed by atoms with Crippen molar-refractivity contribution in [1.82, 2.24) is 0 Å². The maximum absolute atomic E-state index is 17.4. The number of halogens is 4. The van der Waals surface area contributed by atoms with E-state index in [1.54, 1.807) is 13.8 Å². The van der Waals surface area contributed by atoms with Gasteiger partial charge < -0.3 is 14.3 Å². The molecule has 0 bridgehead atoms. The smallest absolute Gasteiger partial charge is 0.375 e. The van der Waals surface area contributed by atoms with Gasteiger partial charge in [-0.05, 0) is 85.3 Å². The third-order valence-corrected chi connectivity index (χ3v) is 10.6. The van der Waals surface area contributed by atoms with Crippen LogP contribution in [0.2, 0.25) is 5.22 Å². The van der Waals surface area contributed by atoms with Crippen molar-refractivity contribution in [2.24, 2.45) is 28.6 Å². The van der Waals surface area contributed by atoms with Gasteiger partial charge in [-0.3, -0.25) is 9.59 Å². The number of furan rings is 1. The first-order chi connectivity index (χ1) is 17.8. The van der Waals surface area contributed by atoms with Gasteiger partial charge in [-0.2, -0.15) is 0 Å². The first-order valence-corrected chi connectivity index (χ1v) is 13.8. The summed E-state index contributed by atoms with van der Waals surface area (Å²) in [5.41, 5.74) is -7.32. The summed E-state index contributed by atoms with van der Waals surface area (Å²) in [4.78, 5) is 38.8. The normalized spacial score (nSPS) is 43.6. The second-order valence-corrected chi connectivity index (χ2v) is 12.5. The van der Waals surface area contributed by atoms with E-state index in [0.29, 0.717) is 11.8 Å². The quantitative estimate of drug-likeness (QED) is 0.471. The molecule has 3 fully saturated rings. The molecule has 3 saturated carbocycles. The fraction of sp³-hybridized carbons (Fsp3) is 0.593. The van der Waals surface area contributed by atoms with Gasteiger partial charge in [0.05, 0.1) is 6.10 Å². The van der Waals surface area contributed by atoms with Gasteiger partial charge in [-0.15, -0.1) is 0 Å². The molecule has 4 aliphatic rings. The second-order valence-electron chi connectivity index (χ2n) is 11.3. The minimum absolute atomic E-state index is 0.0195. The molecular weight excluding hydrogens is 545 g/mol. The molecule has 6 nitrogen and oxygen atoms in total. The molecule has 206 valence electrons. The molecule has 38 heavy (non-hydrogen) atoms. The van der Waals surface area contributed by atoms with Gasteiger partial charge in [0, 0.05) is 22.7 Å². The molecule has 5 rings (SSSR count). The van der Waals surface area contributed by atoms with Crippen molar-refractivity contribution in [3.05, 3.63) is 46.9 Å². The SMILES string of the molecule is C[C@@H]1C[C@H]2[C@@H]3C[C@H](F)C4=CC(=O)C=C[C@]4(C)[C@@]3(F)[C@@H](O)C[C@]2(C)[C@@]1(OC(=O)c1ccc(Cl)o1)C(=O)SCF. The molecule has 1 aromatic heterocycles. The number of aliphatic hydroxyl groups excluding tert-OH is 1. The Morgan fingerprint density at radius 3 is 2.61 bits per heavy atom. The van der Waals surface area contributed by atoms with Crippen molar-refractivity contribution in [2.45, 2.75) is 63.6 Å². The molecule has 1 aromatic rings. The number of ether oxygens (including phenoxy) is 1. The summed E-state index contributed by atoms with van der Waals surface area (Å²) in [7, 11) is 0. The Hall–Kier alpha value is -2.04. The third-order valence-electron chi connectivity index (χ3n) is 9.69. The van der Waals surface area contributed by atoms with Gasteiger partial charge in [-0.25, -0.2) is 18.0 Å².